The second kappa shape index (κ2) is 9.11. The van der Waals surface area contributed by atoms with Crippen molar-refractivity contribution in [3.8, 4) is 46.2 Å². The molecule has 0 aliphatic carbocycles. The van der Waals surface area contributed by atoms with Crippen LogP contribution in [-0.4, -0.2) is 36.5 Å². The van der Waals surface area contributed by atoms with Gasteiger partial charge in [0.05, 0.1) is 24.6 Å². The van der Waals surface area contributed by atoms with Gasteiger partial charge in [-0.05, 0) is 12.5 Å². The third-order valence-electron chi connectivity index (χ3n) is 5.78. The number of rotatable bonds is 5. The van der Waals surface area contributed by atoms with Crippen LogP contribution in [0.5, 0.6) is 0 Å². The number of aryl methyl sites for hydroxylation is 2. The number of nitrogens with zero attached hydrogens (tertiary/aromatic N) is 5. The fourth-order valence-electron chi connectivity index (χ4n) is 4.13. The van der Waals surface area contributed by atoms with E-state index in [2.05, 4.69) is 26.1 Å². The lowest BCUT2D eigenvalue weighted by molar-refractivity contribution is -0.140. The van der Waals surface area contributed by atoms with Crippen molar-refractivity contribution in [3.63, 3.8) is 0 Å². The number of allylic oxidation sites excluding steroid dienone is 1. The molecule has 5 rings (SSSR count). The standard InChI is InChI=1S/C26H19F3N6O3/c1-5-9-17(37-4)20-14(2)38-24(32-20)19-21(16-12-30-34(3)13-16)31-23-18(15-10-7-6-8-11-15)22(26(27,28)29)33-35(23)25(19)36/h1,6-13,33H,2-4H3/b17-9+. The maximum absolute atomic E-state index is 14.2. The van der Waals surface area contributed by atoms with E-state index in [1.54, 1.807) is 38.4 Å². The third kappa shape index (κ3) is 4.03. The van der Waals surface area contributed by atoms with Crippen LogP contribution >= 0.6 is 0 Å². The molecule has 192 valence electrons. The van der Waals surface area contributed by atoms with Crippen molar-refractivity contribution in [1.29, 1.82) is 0 Å². The Morgan fingerprint density at radius 2 is 1.92 bits per heavy atom. The minimum absolute atomic E-state index is 0.0423. The van der Waals surface area contributed by atoms with Crippen molar-refractivity contribution in [2.24, 2.45) is 7.05 Å². The Kier molecular flexibility index (Phi) is 5.91. The molecule has 0 bridgehead atoms. The molecule has 0 aliphatic rings. The lowest BCUT2D eigenvalue weighted by atomic mass is 10.0. The number of aromatic amines is 1. The summed E-state index contributed by atoms with van der Waals surface area (Å²) in [5, 5.41) is 6.33. The molecule has 4 aromatic heterocycles. The molecule has 12 heteroatoms. The summed E-state index contributed by atoms with van der Waals surface area (Å²) >= 11 is 0. The summed E-state index contributed by atoms with van der Waals surface area (Å²) in [6.45, 7) is 1.59. The van der Waals surface area contributed by atoms with E-state index in [4.69, 9.17) is 15.6 Å². The number of halogens is 3. The third-order valence-corrected chi connectivity index (χ3v) is 5.78. The van der Waals surface area contributed by atoms with Gasteiger partial charge >= 0.3 is 6.18 Å². The van der Waals surface area contributed by atoms with E-state index in [1.165, 1.54) is 36.2 Å². The number of H-pyrrole nitrogens is 1. The molecule has 38 heavy (non-hydrogen) atoms. The van der Waals surface area contributed by atoms with Crippen molar-refractivity contribution >= 4 is 11.4 Å². The number of methoxy groups -OCH3 is 1. The molecule has 0 amide bonds. The van der Waals surface area contributed by atoms with Gasteiger partial charge in [0.1, 0.15) is 22.7 Å². The fraction of sp³-hybridized carbons (Fsp3) is 0.154. The highest BCUT2D eigenvalue weighted by Gasteiger charge is 2.39. The fourth-order valence-corrected chi connectivity index (χ4v) is 4.13. The van der Waals surface area contributed by atoms with Gasteiger partial charge in [-0.1, -0.05) is 36.3 Å². The lowest BCUT2D eigenvalue weighted by Gasteiger charge is -2.08. The Morgan fingerprint density at radius 3 is 2.53 bits per heavy atom. The summed E-state index contributed by atoms with van der Waals surface area (Å²) in [6.07, 6.45) is 4.91. The molecular weight excluding hydrogens is 501 g/mol. The van der Waals surface area contributed by atoms with Gasteiger partial charge in [-0.2, -0.15) is 22.8 Å². The van der Waals surface area contributed by atoms with Crippen molar-refractivity contribution in [2.75, 3.05) is 7.11 Å². The van der Waals surface area contributed by atoms with Crippen LogP contribution in [0, 0.1) is 19.3 Å². The zero-order valence-corrected chi connectivity index (χ0v) is 20.3. The SMILES string of the molecule is C#C/C=C(/OC)c1nc(-c2c(-c3cnn(C)c3)nc3c(-c4ccccc4)c(C(F)(F)F)[nH]n3c2=O)oc1C. The number of fused-ring (bicyclic) bond motifs is 1. The van der Waals surface area contributed by atoms with Crippen LogP contribution in [0.3, 0.4) is 0 Å². The topological polar surface area (TPSA) is 103 Å². The van der Waals surface area contributed by atoms with Gasteiger partial charge in [0.15, 0.2) is 11.4 Å². The molecule has 9 nitrogen and oxygen atoms in total. The van der Waals surface area contributed by atoms with E-state index in [0.717, 1.165) is 4.52 Å². The zero-order chi connectivity index (χ0) is 27.2. The highest BCUT2D eigenvalue weighted by atomic mass is 19.4. The minimum atomic E-state index is -4.81. The molecule has 0 unspecified atom stereocenters. The van der Waals surface area contributed by atoms with Gasteiger partial charge in [-0.15, -0.1) is 6.42 Å². The number of hydrogen-bond acceptors (Lipinski definition) is 6. The van der Waals surface area contributed by atoms with Crippen molar-refractivity contribution < 1.29 is 22.3 Å². The molecule has 1 aromatic carbocycles. The number of benzene rings is 1. The summed E-state index contributed by atoms with van der Waals surface area (Å²) in [7, 11) is 3.05. The minimum Gasteiger partial charge on any atom is -0.494 e. The zero-order valence-electron chi connectivity index (χ0n) is 20.3. The summed E-state index contributed by atoms with van der Waals surface area (Å²) in [4.78, 5) is 22.8. The monoisotopic (exact) mass is 520 g/mol. The molecule has 0 fully saturated rings. The smallest absolute Gasteiger partial charge is 0.433 e. The quantitative estimate of drug-likeness (QED) is 0.266. The molecular formula is C26H19F3N6O3. The van der Waals surface area contributed by atoms with Crippen LogP contribution in [0.25, 0.3) is 45.2 Å². The van der Waals surface area contributed by atoms with Crippen LogP contribution < -0.4 is 5.56 Å². The van der Waals surface area contributed by atoms with Gasteiger partial charge in [-0.3, -0.25) is 14.6 Å². The first-order valence-corrected chi connectivity index (χ1v) is 11.1. The maximum Gasteiger partial charge on any atom is 0.433 e. The second-order valence-electron chi connectivity index (χ2n) is 8.23. The van der Waals surface area contributed by atoms with E-state index >= 15 is 0 Å². The lowest BCUT2D eigenvalue weighted by Crippen LogP contribution is -2.19. The van der Waals surface area contributed by atoms with E-state index in [0.29, 0.717) is 5.56 Å². The molecule has 0 saturated heterocycles. The first kappa shape index (κ1) is 24.6. The first-order valence-electron chi connectivity index (χ1n) is 11.1. The Morgan fingerprint density at radius 1 is 1.18 bits per heavy atom. The van der Waals surface area contributed by atoms with Gasteiger partial charge in [0, 0.05) is 24.9 Å². The second-order valence-corrected chi connectivity index (χ2v) is 8.23. The Balaban J connectivity index is 1.89. The number of oxazole rings is 1. The van der Waals surface area contributed by atoms with E-state index in [9.17, 15) is 18.0 Å². The molecule has 0 spiro atoms. The number of ether oxygens (including phenoxy) is 1. The molecule has 5 aromatic rings. The maximum atomic E-state index is 14.2. The highest BCUT2D eigenvalue weighted by Crippen LogP contribution is 2.39. The molecule has 0 radical (unpaired) electrons. The van der Waals surface area contributed by atoms with Gasteiger partial charge in [0.25, 0.3) is 5.56 Å². The first-order chi connectivity index (χ1) is 18.1. The van der Waals surface area contributed by atoms with Gasteiger partial charge in [-0.25, -0.2) is 9.97 Å². The largest absolute Gasteiger partial charge is 0.494 e. The van der Waals surface area contributed by atoms with E-state index < -0.39 is 17.4 Å². The summed E-state index contributed by atoms with van der Waals surface area (Å²) in [5.41, 5.74) is -1.75. The van der Waals surface area contributed by atoms with Crippen LogP contribution in [0.1, 0.15) is 17.1 Å². The summed E-state index contributed by atoms with van der Waals surface area (Å²) in [6, 6.07) is 7.89. The van der Waals surface area contributed by atoms with Gasteiger partial charge in [0.2, 0.25) is 5.89 Å². The average molecular weight is 520 g/mol. The van der Waals surface area contributed by atoms with Crippen molar-refractivity contribution in [3.05, 3.63) is 76.3 Å². The van der Waals surface area contributed by atoms with Crippen LogP contribution in [0.4, 0.5) is 13.2 Å². The van der Waals surface area contributed by atoms with Gasteiger partial charge < -0.3 is 9.15 Å². The van der Waals surface area contributed by atoms with Crippen LogP contribution in [0.15, 0.2) is 58.0 Å². The summed E-state index contributed by atoms with van der Waals surface area (Å²) < 4.78 is 55.8. The van der Waals surface area contributed by atoms with Crippen molar-refractivity contribution in [1.82, 2.24) is 29.4 Å². The Labute approximate surface area is 213 Å². The highest BCUT2D eigenvalue weighted by molar-refractivity contribution is 5.85. The molecule has 0 aliphatic heterocycles. The van der Waals surface area contributed by atoms with Crippen molar-refractivity contribution in [2.45, 2.75) is 13.1 Å². The normalized spacial score (nSPS) is 12.2. The molecule has 0 saturated carbocycles. The van der Waals surface area contributed by atoms with E-state index in [1.807, 2.05) is 0 Å². The molecule has 0 atom stereocenters. The molecule has 1 N–H and O–H groups in total. The van der Waals surface area contributed by atoms with E-state index in [-0.39, 0.29) is 51.1 Å². The number of terminal acetylenes is 1. The number of hydrogen-bond donors (Lipinski definition) is 1. The number of nitrogens with one attached hydrogen (secondary N) is 1. The van der Waals surface area contributed by atoms with Crippen LogP contribution in [-0.2, 0) is 18.0 Å². The number of aromatic nitrogens is 6. The number of alkyl halides is 3. The Bertz CT molecular complexity index is 1800. The molecule has 4 heterocycles. The predicted octanol–water partition coefficient (Wildman–Crippen LogP) is 4.69. The average Bonchev–Trinajstić information content (AvgIpc) is 3.59. The van der Waals surface area contributed by atoms with Crippen LogP contribution in [0.2, 0.25) is 0 Å². The predicted molar refractivity (Wildman–Crippen MR) is 133 cm³/mol. The summed E-state index contributed by atoms with van der Waals surface area (Å²) in [5.74, 6) is 2.65. The Hall–Kier alpha value is -5.05.